The summed E-state index contributed by atoms with van der Waals surface area (Å²) in [5.74, 6) is 0.937. The maximum atomic E-state index is 2.69. The summed E-state index contributed by atoms with van der Waals surface area (Å²) in [4.78, 5) is 2.69. The minimum Gasteiger partial charge on any atom is -0.298 e. The van der Waals surface area contributed by atoms with Crippen LogP contribution in [0.25, 0.3) is 0 Å². The molecule has 104 valence electrons. The van der Waals surface area contributed by atoms with Crippen LogP contribution in [0.2, 0.25) is 0 Å². The largest absolute Gasteiger partial charge is 0.298 e. The average Bonchev–Trinajstić information content (AvgIpc) is 2.18. The Bertz CT molecular complexity index is 192. The molecule has 0 atom stereocenters. The molecule has 0 radical (unpaired) electrons. The maximum absolute atomic E-state index is 2.69. The van der Waals surface area contributed by atoms with Crippen molar-refractivity contribution >= 4 is 0 Å². The fraction of sp³-hybridized carbons (Fsp3) is 1.00. The first-order valence-electron chi connectivity index (χ1n) is 7.46. The Kier molecular flexibility index (Phi) is 6.76. The molecule has 0 N–H and O–H groups in total. The minimum atomic E-state index is 0.373. The molecule has 0 bridgehead atoms. The molecule has 1 aliphatic rings. The lowest BCUT2D eigenvalue weighted by Crippen LogP contribution is -2.49. The molecule has 1 heterocycles. The Morgan fingerprint density at radius 2 is 1.35 bits per heavy atom. The normalized spacial score (nSPS) is 19.8. The zero-order chi connectivity index (χ0) is 13.7. The van der Waals surface area contributed by atoms with Crippen molar-refractivity contribution in [3.05, 3.63) is 0 Å². The summed E-state index contributed by atoms with van der Waals surface area (Å²) >= 11 is 0. The van der Waals surface area contributed by atoms with Gasteiger partial charge in [-0.3, -0.25) is 4.90 Å². The Hall–Kier alpha value is -0.0400. The quantitative estimate of drug-likeness (QED) is 0.660. The van der Waals surface area contributed by atoms with E-state index in [1.54, 1.807) is 0 Å². The minimum absolute atomic E-state index is 0.373. The Labute approximate surface area is 110 Å². The lowest BCUT2D eigenvalue weighted by Gasteiger charge is -2.45. The van der Waals surface area contributed by atoms with Crippen LogP contribution >= 0.6 is 0 Å². The molecule has 0 aromatic heterocycles. The lowest BCUT2D eigenvalue weighted by molar-refractivity contribution is 0.0470. The van der Waals surface area contributed by atoms with Crippen LogP contribution in [0.1, 0.15) is 74.7 Å². The summed E-state index contributed by atoms with van der Waals surface area (Å²) in [5, 5.41) is 0. The first-order valence-corrected chi connectivity index (χ1v) is 7.46. The number of rotatable bonds is 2. The van der Waals surface area contributed by atoms with Crippen molar-refractivity contribution in [2.45, 2.75) is 80.2 Å². The van der Waals surface area contributed by atoms with Crippen LogP contribution in [-0.4, -0.2) is 23.5 Å². The molecule has 1 aliphatic heterocycles. The molecule has 1 rings (SSSR count). The van der Waals surface area contributed by atoms with Gasteiger partial charge in [-0.25, -0.2) is 0 Å². The number of nitrogens with zero attached hydrogens (tertiary/aromatic N) is 1. The summed E-state index contributed by atoms with van der Waals surface area (Å²) < 4.78 is 0. The van der Waals surface area contributed by atoms with Crippen LogP contribution in [0.15, 0.2) is 0 Å². The second-order valence-electron chi connectivity index (χ2n) is 7.22. The van der Waals surface area contributed by atoms with Gasteiger partial charge in [-0.2, -0.15) is 0 Å². The predicted octanol–water partition coefficient (Wildman–Crippen LogP) is 4.96. The van der Waals surface area contributed by atoms with Crippen LogP contribution in [0.3, 0.4) is 0 Å². The topological polar surface area (TPSA) is 3.24 Å². The van der Waals surface area contributed by atoms with Gasteiger partial charge in [-0.1, -0.05) is 41.5 Å². The first kappa shape index (κ1) is 17.0. The summed E-state index contributed by atoms with van der Waals surface area (Å²) in [6.45, 7) is 20.8. The summed E-state index contributed by atoms with van der Waals surface area (Å²) in [7, 11) is 0. The third-order valence-electron chi connectivity index (χ3n) is 3.60. The van der Waals surface area contributed by atoms with E-state index < -0.39 is 0 Å². The van der Waals surface area contributed by atoms with Crippen molar-refractivity contribution in [3.8, 4) is 0 Å². The molecule has 0 spiro atoms. The standard InChI is InChI=1S/C14H29N.C2H6/c1-12-7-9-15(10-8-12)14(5,6)11-13(2,3)4;1-2/h12H,7-11H2,1-6H3;1-2H3. The van der Waals surface area contributed by atoms with E-state index in [0.717, 1.165) is 5.92 Å². The molecule has 0 aromatic rings. The van der Waals surface area contributed by atoms with Crippen molar-refractivity contribution in [2.75, 3.05) is 13.1 Å². The SMILES string of the molecule is CC.CC1CCN(C(C)(C)CC(C)(C)C)CC1. The van der Waals surface area contributed by atoms with E-state index in [4.69, 9.17) is 0 Å². The third kappa shape index (κ3) is 6.45. The molecular formula is C16H35N. The molecule has 1 fully saturated rings. The van der Waals surface area contributed by atoms with Crippen LogP contribution in [0.5, 0.6) is 0 Å². The molecule has 0 unspecified atom stereocenters. The Balaban J connectivity index is 0.00000121. The van der Waals surface area contributed by atoms with Crippen LogP contribution in [0.4, 0.5) is 0 Å². The van der Waals surface area contributed by atoms with Crippen molar-refractivity contribution in [1.82, 2.24) is 4.90 Å². The molecule has 17 heavy (non-hydrogen) atoms. The van der Waals surface area contributed by atoms with Gasteiger partial charge in [0.2, 0.25) is 0 Å². The highest BCUT2D eigenvalue weighted by Gasteiger charge is 2.32. The van der Waals surface area contributed by atoms with Gasteiger partial charge < -0.3 is 0 Å². The second kappa shape index (κ2) is 6.78. The van der Waals surface area contributed by atoms with Gasteiger partial charge in [-0.15, -0.1) is 0 Å². The van der Waals surface area contributed by atoms with E-state index in [2.05, 4.69) is 46.4 Å². The van der Waals surface area contributed by atoms with Gasteiger partial charge in [0.25, 0.3) is 0 Å². The van der Waals surface area contributed by atoms with Crippen LogP contribution in [0, 0.1) is 11.3 Å². The number of likely N-dealkylation sites (tertiary alicyclic amines) is 1. The molecule has 0 saturated carbocycles. The van der Waals surface area contributed by atoms with Gasteiger partial charge in [0.05, 0.1) is 0 Å². The highest BCUT2D eigenvalue weighted by Crippen LogP contribution is 2.33. The molecule has 0 amide bonds. The van der Waals surface area contributed by atoms with Crippen LogP contribution < -0.4 is 0 Å². The van der Waals surface area contributed by atoms with E-state index in [0.29, 0.717) is 11.0 Å². The van der Waals surface area contributed by atoms with Crippen molar-refractivity contribution in [3.63, 3.8) is 0 Å². The predicted molar refractivity (Wildman–Crippen MR) is 79.5 cm³/mol. The van der Waals surface area contributed by atoms with Crippen molar-refractivity contribution in [1.29, 1.82) is 0 Å². The first-order chi connectivity index (χ1) is 7.71. The van der Waals surface area contributed by atoms with E-state index in [9.17, 15) is 0 Å². The highest BCUT2D eigenvalue weighted by molar-refractivity contribution is 4.88. The monoisotopic (exact) mass is 241 g/mol. The van der Waals surface area contributed by atoms with Gasteiger partial charge in [0, 0.05) is 5.54 Å². The second-order valence-corrected chi connectivity index (χ2v) is 7.22. The fourth-order valence-electron chi connectivity index (χ4n) is 3.02. The highest BCUT2D eigenvalue weighted by atomic mass is 15.2. The fourth-order valence-corrected chi connectivity index (χ4v) is 3.02. The summed E-state index contributed by atoms with van der Waals surface area (Å²) in [6.07, 6.45) is 4.05. The molecule has 1 heteroatoms. The average molecular weight is 241 g/mol. The van der Waals surface area contributed by atoms with Gasteiger partial charge in [-0.05, 0) is 57.5 Å². The smallest absolute Gasteiger partial charge is 0.0158 e. The zero-order valence-corrected chi connectivity index (χ0v) is 13.6. The molecule has 1 saturated heterocycles. The van der Waals surface area contributed by atoms with E-state index >= 15 is 0 Å². The number of piperidine rings is 1. The summed E-state index contributed by atoms with van der Waals surface area (Å²) in [5.41, 5.74) is 0.810. The maximum Gasteiger partial charge on any atom is 0.0158 e. The Morgan fingerprint density at radius 3 is 1.71 bits per heavy atom. The van der Waals surface area contributed by atoms with Crippen LogP contribution in [-0.2, 0) is 0 Å². The summed E-state index contributed by atoms with van der Waals surface area (Å²) in [6, 6.07) is 0. The number of hydrogen-bond acceptors (Lipinski definition) is 1. The molecule has 0 aromatic carbocycles. The zero-order valence-electron chi connectivity index (χ0n) is 13.6. The molecule has 1 nitrogen and oxygen atoms in total. The lowest BCUT2D eigenvalue weighted by atomic mass is 9.79. The third-order valence-corrected chi connectivity index (χ3v) is 3.60. The van der Waals surface area contributed by atoms with E-state index in [-0.39, 0.29) is 0 Å². The van der Waals surface area contributed by atoms with Crippen molar-refractivity contribution in [2.24, 2.45) is 11.3 Å². The molecule has 0 aliphatic carbocycles. The van der Waals surface area contributed by atoms with Crippen molar-refractivity contribution < 1.29 is 0 Å². The van der Waals surface area contributed by atoms with Gasteiger partial charge in [0.15, 0.2) is 0 Å². The number of hydrogen-bond donors (Lipinski definition) is 0. The van der Waals surface area contributed by atoms with Gasteiger partial charge in [0.1, 0.15) is 0 Å². The van der Waals surface area contributed by atoms with Gasteiger partial charge >= 0.3 is 0 Å². The molecular weight excluding hydrogens is 206 g/mol. The Morgan fingerprint density at radius 1 is 0.941 bits per heavy atom. The van der Waals surface area contributed by atoms with E-state index in [1.165, 1.54) is 32.4 Å². The van der Waals surface area contributed by atoms with E-state index in [1.807, 2.05) is 13.8 Å².